The fraction of sp³-hybridized carbons (Fsp3) is 0.269. The summed E-state index contributed by atoms with van der Waals surface area (Å²) in [5.41, 5.74) is 2.75. The average molecular weight is 542 g/mol. The number of amides is 1. The molecule has 0 bridgehead atoms. The van der Waals surface area contributed by atoms with Crippen LogP contribution in [0.5, 0.6) is 0 Å². The molecule has 178 valence electrons. The molecular weight excluding hydrogens is 514 g/mol. The highest BCUT2D eigenvalue weighted by molar-refractivity contribution is 9.10. The zero-order valence-electron chi connectivity index (χ0n) is 19.0. The molecule has 8 heteroatoms. The van der Waals surface area contributed by atoms with Crippen LogP contribution in [-0.2, 0) is 16.6 Å². The van der Waals surface area contributed by atoms with Crippen molar-refractivity contribution in [1.29, 1.82) is 0 Å². The van der Waals surface area contributed by atoms with E-state index in [1.807, 2.05) is 24.3 Å². The molecule has 3 aromatic carbocycles. The first-order valence-corrected chi connectivity index (χ1v) is 13.6. The van der Waals surface area contributed by atoms with E-state index in [0.717, 1.165) is 30.0 Å². The molecule has 0 aliphatic carbocycles. The number of sulfonamides is 1. The monoisotopic (exact) mass is 541 g/mol. The van der Waals surface area contributed by atoms with E-state index in [1.165, 1.54) is 30.5 Å². The lowest BCUT2D eigenvalue weighted by molar-refractivity contribution is 0.102. The van der Waals surface area contributed by atoms with Gasteiger partial charge in [-0.3, -0.25) is 14.4 Å². The van der Waals surface area contributed by atoms with Crippen LogP contribution < -0.4 is 10.0 Å². The molecule has 0 radical (unpaired) electrons. The Balaban J connectivity index is 1.34. The SMILES string of the molecule is CC1CCN(Cc2ccc(C(=O)Nc3ccc(S(=O)(=O)Nc4ccc(Br)cc4)cc3)cc2)CC1. The molecule has 1 aliphatic heterocycles. The topological polar surface area (TPSA) is 78.5 Å². The maximum Gasteiger partial charge on any atom is 0.261 e. The minimum atomic E-state index is -3.73. The minimum absolute atomic E-state index is 0.116. The lowest BCUT2D eigenvalue weighted by Crippen LogP contribution is -2.32. The number of hydrogen-bond acceptors (Lipinski definition) is 4. The Hall–Kier alpha value is -2.68. The number of anilines is 2. The van der Waals surface area contributed by atoms with E-state index in [0.29, 0.717) is 16.9 Å². The van der Waals surface area contributed by atoms with E-state index in [1.54, 1.807) is 36.4 Å². The maximum absolute atomic E-state index is 12.6. The van der Waals surface area contributed by atoms with Gasteiger partial charge in [-0.2, -0.15) is 0 Å². The number of halogens is 1. The molecule has 3 aromatic rings. The first-order valence-electron chi connectivity index (χ1n) is 11.3. The van der Waals surface area contributed by atoms with Crippen molar-refractivity contribution in [2.45, 2.75) is 31.2 Å². The molecule has 6 nitrogen and oxygen atoms in total. The van der Waals surface area contributed by atoms with E-state index in [-0.39, 0.29) is 10.8 Å². The number of benzene rings is 3. The van der Waals surface area contributed by atoms with Crippen LogP contribution in [-0.4, -0.2) is 32.3 Å². The van der Waals surface area contributed by atoms with Gasteiger partial charge in [-0.25, -0.2) is 8.42 Å². The van der Waals surface area contributed by atoms with Gasteiger partial charge in [0.2, 0.25) is 0 Å². The minimum Gasteiger partial charge on any atom is -0.322 e. The third-order valence-corrected chi connectivity index (χ3v) is 7.94. The molecule has 34 heavy (non-hydrogen) atoms. The van der Waals surface area contributed by atoms with Crippen molar-refractivity contribution in [3.8, 4) is 0 Å². The van der Waals surface area contributed by atoms with Gasteiger partial charge in [-0.05, 0) is 98.1 Å². The summed E-state index contributed by atoms with van der Waals surface area (Å²) in [6.07, 6.45) is 2.47. The summed E-state index contributed by atoms with van der Waals surface area (Å²) in [5, 5.41) is 2.83. The highest BCUT2D eigenvalue weighted by Crippen LogP contribution is 2.21. The van der Waals surface area contributed by atoms with Crippen molar-refractivity contribution in [1.82, 2.24) is 4.90 Å². The number of nitrogens with zero attached hydrogens (tertiary/aromatic N) is 1. The van der Waals surface area contributed by atoms with Crippen LogP contribution in [0.1, 0.15) is 35.7 Å². The van der Waals surface area contributed by atoms with Crippen LogP contribution in [0.4, 0.5) is 11.4 Å². The Morgan fingerprint density at radius 1 is 0.912 bits per heavy atom. The molecule has 1 heterocycles. The van der Waals surface area contributed by atoms with Gasteiger partial charge in [-0.15, -0.1) is 0 Å². The van der Waals surface area contributed by atoms with E-state index < -0.39 is 10.0 Å². The van der Waals surface area contributed by atoms with Gasteiger partial charge in [-0.1, -0.05) is 35.0 Å². The van der Waals surface area contributed by atoms with Crippen molar-refractivity contribution in [3.63, 3.8) is 0 Å². The highest BCUT2D eigenvalue weighted by atomic mass is 79.9. The highest BCUT2D eigenvalue weighted by Gasteiger charge is 2.17. The fourth-order valence-electron chi connectivity index (χ4n) is 3.89. The number of carbonyl (C=O) groups excluding carboxylic acids is 1. The van der Waals surface area contributed by atoms with Crippen molar-refractivity contribution < 1.29 is 13.2 Å². The van der Waals surface area contributed by atoms with E-state index in [9.17, 15) is 13.2 Å². The molecule has 1 fully saturated rings. The summed E-state index contributed by atoms with van der Waals surface area (Å²) in [4.78, 5) is 15.2. The standard InChI is InChI=1S/C26H28BrN3O3S/c1-19-14-16-30(17-15-19)18-20-2-4-21(5-3-20)26(31)28-23-10-12-25(13-11-23)34(32,33)29-24-8-6-22(27)7-9-24/h2-13,19,29H,14-18H2,1H3,(H,28,31). The van der Waals surface area contributed by atoms with E-state index in [2.05, 4.69) is 37.8 Å². The summed E-state index contributed by atoms with van der Waals surface area (Å²) >= 11 is 3.33. The molecule has 1 aliphatic rings. The Morgan fingerprint density at radius 3 is 2.12 bits per heavy atom. The molecule has 0 atom stereocenters. The fourth-order valence-corrected chi connectivity index (χ4v) is 5.22. The lowest BCUT2D eigenvalue weighted by atomic mass is 9.99. The second-order valence-electron chi connectivity index (χ2n) is 8.75. The van der Waals surface area contributed by atoms with Crippen LogP contribution in [0.3, 0.4) is 0 Å². The number of nitrogens with one attached hydrogen (secondary N) is 2. The number of piperidine rings is 1. The Bertz CT molecular complexity index is 1220. The van der Waals surface area contributed by atoms with Gasteiger partial charge in [0, 0.05) is 28.0 Å². The number of hydrogen-bond donors (Lipinski definition) is 2. The Morgan fingerprint density at radius 2 is 1.50 bits per heavy atom. The first kappa shape index (κ1) is 24.4. The zero-order valence-corrected chi connectivity index (χ0v) is 21.4. The second kappa shape index (κ2) is 10.7. The normalized spacial score (nSPS) is 15.1. The summed E-state index contributed by atoms with van der Waals surface area (Å²) < 4.78 is 28.6. The number of rotatable bonds is 7. The molecule has 4 rings (SSSR count). The molecule has 0 aromatic heterocycles. The second-order valence-corrected chi connectivity index (χ2v) is 11.3. The number of likely N-dealkylation sites (tertiary alicyclic amines) is 1. The summed E-state index contributed by atoms with van der Waals surface area (Å²) in [7, 11) is -3.73. The molecule has 1 saturated heterocycles. The van der Waals surface area contributed by atoms with Crippen molar-refractivity contribution in [2.75, 3.05) is 23.1 Å². The summed E-state index contributed by atoms with van der Waals surface area (Å²) in [6.45, 7) is 5.44. The molecule has 0 unspecified atom stereocenters. The van der Waals surface area contributed by atoms with Crippen molar-refractivity contribution in [2.24, 2.45) is 5.92 Å². The Labute approximate surface area is 209 Å². The number of carbonyl (C=O) groups is 1. The van der Waals surface area contributed by atoms with Gasteiger partial charge in [0.25, 0.3) is 15.9 Å². The zero-order chi connectivity index (χ0) is 24.1. The maximum atomic E-state index is 12.6. The molecular formula is C26H28BrN3O3S. The van der Waals surface area contributed by atoms with Gasteiger partial charge in [0.15, 0.2) is 0 Å². The summed E-state index contributed by atoms with van der Waals surface area (Å²) in [6, 6.07) is 20.6. The van der Waals surface area contributed by atoms with Gasteiger partial charge in [0.05, 0.1) is 4.90 Å². The van der Waals surface area contributed by atoms with Gasteiger partial charge >= 0.3 is 0 Å². The van der Waals surface area contributed by atoms with Crippen molar-refractivity contribution >= 4 is 43.2 Å². The van der Waals surface area contributed by atoms with E-state index in [4.69, 9.17) is 0 Å². The molecule has 2 N–H and O–H groups in total. The predicted molar refractivity (Wildman–Crippen MR) is 139 cm³/mol. The average Bonchev–Trinajstić information content (AvgIpc) is 2.83. The van der Waals surface area contributed by atoms with Crippen molar-refractivity contribution in [3.05, 3.63) is 88.4 Å². The third kappa shape index (κ3) is 6.46. The van der Waals surface area contributed by atoms with E-state index >= 15 is 0 Å². The first-order chi connectivity index (χ1) is 16.3. The largest absolute Gasteiger partial charge is 0.322 e. The predicted octanol–water partition coefficient (Wildman–Crippen LogP) is 5.73. The van der Waals surface area contributed by atoms with Gasteiger partial charge in [0.1, 0.15) is 0 Å². The molecule has 0 spiro atoms. The van der Waals surface area contributed by atoms with Crippen LogP contribution in [0.15, 0.2) is 82.2 Å². The van der Waals surface area contributed by atoms with Gasteiger partial charge < -0.3 is 5.32 Å². The van der Waals surface area contributed by atoms with Crippen LogP contribution in [0, 0.1) is 5.92 Å². The molecule has 0 saturated carbocycles. The quantitative estimate of drug-likeness (QED) is 0.400. The summed E-state index contributed by atoms with van der Waals surface area (Å²) in [5.74, 6) is 0.571. The smallest absolute Gasteiger partial charge is 0.261 e. The Kier molecular flexibility index (Phi) is 7.70. The van der Waals surface area contributed by atoms with Crippen LogP contribution in [0.2, 0.25) is 0 Å². The lowest BCUT2D eigenvalue weighted by Gasteiger charge is -2.30. The van der Waals surface area contributed by atoms with Crippen LogP contribution in [0.25, 0.3) is 0 Å². The third-order valence-electron chi connectivity index (χ3n) is 6.02. The van der Waals surface area contributed by atoms with Crippen LogP contribution >= 0.6 is 15.9 Å². The molecule has 1 amide bonds.